The van der Waals surface area contributed by atoms with Crippen LogP contribution in [0, 0.1) is 30.6 Å². The zero-order chi connectivity index (χ0) is 12.0. The zero-order valence-electron chi connectivity index (χ0n) is 9.28. The molecule has 4 heteroatoms. The van der Waals surface area contributed by atoms with Gasteiger partial charge in [-0.25, -0.2) is 4.98 Å². The fraction of sp³-hybridized carbons (Fsp3) is 0.333. The van der Waals surface area contributed by atoms with Crippen LogP contribution in [0.25, 0.3) is 0 Å². The second-order valence-electron chi connectivity index (χ2n) is 3.00. The van der Waals surface area contributed by atoms with Crippen LogP contribution in [-0.4, -0.2) is 17.3 Å². The normalized spacial score (nSPS) is 9.25. The van der Waals surface area contributed by atoms with E-state index in [1.54, 1.807) is 6.07 Å². The highest BCUT2D eigenvalue weighted by atomic mass is 32.2. The van der Waals surface area contributed by atoms with Gasteiger partial charge >= 0.3 is 0 Å². The summed E-state index contributed by atoms with van der Waals surface area (Å²) in [7, 11) is 0. The molecule has 0 bridgehead atoms. The van der Waals surface area contributed by atoms with Gasteiger partial charge in [-0.15, -0.1) is 18.2 Å². The summed E-state index contributed by atoms with van der Waals surface area (Å²) in [5, 5.41) is 9.72. The molecule has 0 amide bonds. The van der Waals surface area contributed by atoms with Crippen molar-refractivity contribution in [2.75, 3.05) is 12.4 Å². The molecule has 0 saturated heterocycles. The van der Waals surface area contributed by atoms with E-state index >= 15 is 0 Å². The van der Waals surface area contributed by atoms with Crippen LogP contribution in [0.1, 0.15) is 18.1 Å². The lowest BCUT2D eigenvalue weighted by Crippen LogP contribution is -2.00. The summed E-state index contributed by atoms with van der Waals surface area (Å²) < 4.78 is 5.25. The van der Waals surface area contributed by atoms with Gasteiger partial charge in [0.15, 0.2) is 6.61 Å². The minimum Gasteiger partial charge on any atom is -0.464 e. The van der Waals surface area contributed by atoms with E-state index < -0.39 is 0 Å². The highest BCUT2D eigenvalue weighted by Crippen LogP contribution is 2.25. The Kier molecular flexibility index (Phi) is 4.69. The molecule has 0 aliphatic rings. The number of hydrogen-bond acceptors (Lipinski definition) is 4. The Bertz CT molecular complexity index is 457. The van der Waals surface area contributed by atoms with E-state index in [2.05, 4.69) is 17.0 Å². The lowest BCUT2D eigenvalue weighted by atomic mass is 10.2. The number of nitrogens with zero attached hydrogens (tertiary/aromatic N) is 2. The average molecular weight is 232 g/mol. The Morgan fingerprint density at radius 3 is 2.94 bits per heavy atom. The molecule has 1 aromatic rings. The Hall–Kier alpha value is -1.65. The number of aryl methyl sites for hydroxylation is 1. The van der Waals surface area contributed by atoms with Crippen molar-refractivity contribution in [1.82, 2.24) is 4.98 Å². The van der Waals surface area contributed by atoms with E-state index in [4.69, 9.17) is 16.4 Å². The number of pyridine rings is 1. The van der Waals surface area contributed by atoms with Gasteiger partial charge in [-0.2, -0.15) is 5.26 Å². The van der Waals surface area contributed by atoms with Gasteiger partial charge in [0.25, 0.3) is 0 Å². The van der Waals surface area contributed by atoms with E-state index in [0.717, 1.165) is 11.3 Å². The lowest BCUT2D eigenvalue weighted by molar-refractivity contribution is 0.352. The predicted molar refractivity (Wildman–Crippen MR) is 64.4 cm³/mol. The number of thioether (sulfide) groups is 1. The van der Waals surface area contributed by atoms with Gasteiger partial charge in [0, 0.05) is 6.07 Å². The van der Waals surface area contributed by atoms with Crippen molar-refractivity contribution in [3.05, 3.63) is 17.2 Å². The maximum absolute atomic E-state index is 9.02. The van der Waals surface area contributed by atoms with Crippen molar-refractivity contribution >= 4 is 11.8 Å². The monoisotopic (exact) mass is 232 g/mol. The maximum atomic E-state index is 9.02. The van der Waals surface area contributed by atoms with Crippen molar-refractivity contribution in [2.24, 2.45) is 0 Å². The first-order valence-electron chi connectivity index (χ1n) is 4.83. The second-order valence-corrected chi connectivity index (χ2v) is 4.25. The van der Waals surface area contributed by atoms with Crippen LogP contribution in [0.2, 0.25) is 0 Å². The van der Waals surface area contributed by atoms with Gasteiger partial charge in [-0.3, -0.25) is 0 Å². The molecule has 1 rings (SSSR count). The molecule has 0 radical (unpaired) electrons. The molecule has 82 valence electrons. The fourth-order valence-electron chi connectivity index (χ4n) is 1.18. The minimum atomic E-state index is 0.189. The van der Waals surface area contributed by atoms with Crippen LogP contribution in [0.3, 0.4) is 0 Å². The third-order valence-corrected chi connectivity index (χ3v) is 2.71. The quantitative estimate of drug-likeness (QED) is 0.590. The van der Waals surface area contributed by atoms with Gasteiger partial charge in [-0.1, -0.05) is 12.8 Å². The lowest BCUT2D eigenvalue weighted by Gasteiger charge is -2.08. The average Bonchev–Trinajstić information content (AvgIpc) is 2.26. The SMILES string of the molecule is C#CCOc1cc(C)c(C#N)c(SCC)n1. The van der Waals surface area contributed by atoms with E-state index in [0.29, 0.717) is 16.5 Å². The highest BCUT2D eigenvalue weighted by Gasteiger charge is 2.10. The summed E-state index contributed by atoms with van der Waals surface area (Å²) in [4.78, 5) is 4.25. The van der Waals surface area contributed by atoms with Gasteiger partial charge in [0.1, 0.15) is 11.1 Å². The van der Waals surface area contributed by atoms with Crippen LogP contribution in [0.4, 0.5) is 0 Å². The van der Waals surface area contributed by atoms with E-state index in [9.17, 15) is 0 Å². The van der Waals surface area contributed by atoms with Gasteiger partial charge in [0.2, 0.25) is 5.88 Å². The third-order valence-electron chi connectivity index (χ3n) is 1.86. The maximum Gasteiger partial charge on any atom is 0.215 e. The number of terminal acetylenes is 1. The van der Waals surface area contributed by atoms with Crippen LogP contribution in [0.15, 0.2) is 11.1 Å². The number of ether oxygens (including phenoxy) is 1. The summed E-state index contributed by atoms with van der Waals surface area (Å²) in [6, 6.07) is 3.88. The Labute approximate surface area is 99.8 Å². The van der Waals surface area contributed by atoms with E-state index in [1.165, 1.54) is 11.8 Å². The predicted octanol–water partition coefficient (Wildman–Crippen LogP) is 2.39. The molecule has 0 spiro atoms. The molecule has 0 fully saturated rings. The van der Waals surface area contributed by atoms with Crippen LogP contribution in [0.5, 0.6) is 5.88 Å². The molecule has 0 N–H and O–H groups in total. The molecule has 16 heavy (non-hydrogen) atoms. The van der Waals surface area contributed by atoms with Gasteiger partial charge < -0.3 is 4.74 Å². The molecule has 0 atom stereocenters. The molecular weight excluding hydrogens is 220 g/mol. The largest absolute Gasteiger partial charge is 0.464 e. The Balaban J connectivity index is 3.09. The Morgan fingerprint density at radius 1 is 1.62 bits per heavy atom. The molecule has 3 nitrogen and oxygen atoms in total. The first-order valence-corrected chi connectivity index (χ1v) is 5.82. The smallest absolute Gasteiger partial charge is 0.215 e. The van der Waals surface area contributed by atoms with E-state index in [-0.39, 0.29) is 6.61 Å². The topological polar surface area (TPSA) is 45.9 Å². The summed E-state index contributed by atoms with van der Waals surface area (Å²) in [5.41, 5.74) is 1.47. The zero-order valence-corrected chi connectivity index (χ0v) is 10.1. The first kappa shape index (κ1) is 12.4. The van der Waals surface area contributed by atoms with Gasteiger partial charge in [0.05, 0.1) is 5.56 Å². The number of aromatic nitrogens is 1. The summed E-state index contributed by atoms with van der Waals surface area (Å²) in [6.45, 7) is 4.06. The molecule has 0 saturated carbocycles. The number of hydrogen-bond donors (Lipinski definition) is 0. The second kappa shape index (κ2) is 6.05. The molecule has 0 aliphatic carbocycles. The van der Waals surface area contributed by atoms with Crippen molar-refractivity contribution < 1.29 is 4.74 Å². The van der Waals surface area contributed by atoms with Crippen molar-refractivity contribution in [2.45, 2.75) is 18.9 Å². The van der Waals surface area contributed by atoms with Gasteiger partial charge in [-0.05, 0) is 18.2 Å². The number of nitriles is 1. The van der Waals surface area contributed by atoms with E-state index in [1.807, 2.05) is 13.8 Å². The molecule has 0 aliphatic heterocycles. The highest BCUT2D eigenvalue weighted by molar-refractivity contribution is 7.99. The minimum absolute atomic E-state index is 0.189. The summed E-state index contributed by atoms with van der Waals surface area (Å²) in [6.07, 6.45) is 5.11. The van der Waals surface area contributed by atoms with Crippen molar-refractivity contribution in [3.8, 4) is 24.3 Å². The molecule has 0 unspecified atom stereocenters. The molecule has 1 aromatic heterocycles. The van der Waals surface area contributed by atoms with Crippen molar-refractivity contribution in [1.29, 1.82) is 5.26 Å². The number of rotatable bonds is 4. The summed E-state index contributed by atoms with van der Waals surface area (Å²) >= 11 is 1.52. The van der Waals surface area contributed by atoms with Crippen LogP contribution >= 0.6 is 11.8 Å². The fourth-order valence-corrected chi connectivity index (χ4v) is 1.96. The molecular formula is C12H12N2OS. The Morgan fingerprint density at radius 2 is 2.38 bits per heavy atom. The molecule has 1 heterocycles. The van der Waals surface area contributed by atoms with Crippen molar-refractivity contribution in [3.63, 3.8) is 0 Å². The first-order chi connectivity index (χ1) is 7.72. The van der Waals surface area contributed by atoms with Crippen LogP contribution in [-0.2, 0) is 0 Å². The standard InChI is InChI=1S/C12H12N2OS/c1-4-6-15-11-7-9(3)10(8-13)12(14-11)16-5-2/h1,7H,5-6H2,2-3H3. The van der Waals surface area contributed by atoms with Crippen LogP contribution < -0.4 is 4.74 Å². The molecule has 0 aromatic carbocycles. The summed E-state index contributed by atoms with van der Waals surface area (Å²) in [5.74, 6) is 3.72. The third kappa shape index (κ3) is 2.92.